The highest BCUT2D eigenvalue weighted by molar-refractivity contribution is 7.93. The van der Waals surface area contributed by atoms with Gasteiger partial charge in [0.15, 0.2) is 23.1 Å². The lowest BCUT2D eigenvalue weighted by molar-refractivity contribution is -0.141. The third kappa shape index (κ3) is 20.5. The van der Waals surface area contributed by atoms with Crippen molar-refractivity contribution in [3.63, 3.8) is 0 Å². The number of ketones is 1. The maximum Gasteiger partial charge on any atom is 0.435 e. The van der Waals surface area contributed by atoms with Crippen LogP contribution in [0, 0.1) is 27.7 Å². The van der Waals surface area contributed by atoms with E-state index in [0.717, 1.165) is 54.4 Å². The number of Topliss-reactive ketones (excluding diaryl/α,β-unsaturated/α-hetero) is 1. The van der Waals surface area contributed by atoms with Gasteiger partial charge in [0.05, 0.1) is 70.7 Å². The van der Waals surface area contributed by atoms with Gasteiger partial charge < -0.3 is 4.74 Å². The molecule has 0 fully saturated rings. The molecular weight excluding hydrogens is 1680 g/mol. The van der Waals surface area contributed by atoms with Gasteiger partial charge in [-0.15, -0.1) is 0 Å². The normalized spacial score (nSPS) is 12.8. The van der Waals surface area contributed by atoms with Crippen molar-refractivity contribution in [2.24, 2.45) is 4.99 Å². The van der Waals surface area contributed by atoms with Gasteiger partial charge in [-0.05, 0) is 201 Å². The van der Waals surface area contributed by atoms with Crippen molar-refractivity contribution in [2.75, 3.05) is 25.4 Å². The first-order chi connectivity index (χ1) is 58.8. The minimum absolute atomic E-state index is 0.00822. The van der Waals surface area contributed by atoms with Crippen molar-refractivity contribution in [2.45, 2.75) is 152 Å². The van der Waals surface area contributed by atoms with E-state index in [1.165, 1.54) is 39.7 Å². The molecule has 34 heteroatoms. The first-order valence-electron chi connectivity index (χ1n) is 39.5. The van der Waals surface area contributed by atoms with E-state index in [2.05, 4.69) is 127 Å². The Labute approximate surface area is 723 Å². The van der Waals surface area contributed by atoms with Crippen LogP contribution in [-0.2, 0) is 62.5 Å². The lowest BCUT2D eigenvalue weighted by Crippen LogP contribution is -2.27. The fraction of sp³-hybridized carbons (Fsp3) is 0.231. The van der Waals surface area contributed by atoms with E-state index in [-0.39, 0.29) is 71.6 Å². The Morgan fingerprint density at radius 3 is 1.29 bits per heavy atom. The smallest absolute Gasteiger partial charge is 0.435 e. The number of nitrogens with one attached hydrogen (secondary N) is 4. The molecule has 0 atom stereocenters. The second-order valence-corrected chi connectivity index (χ2v) is 39.6. The quantitative estimate of drug-likeness (QED) is 0.0658. The number of anilines is 4. The molecule has 0 saturated carbocycles. The highest BCUT2D eigenvalue weighted by Gasteiger charge is 2.37. The van der Waals surface area contributed by atoms with Crippen LogP contribution in [0.5, 0.6) is 5.75 Å². The molecule has 8 aromatic heterocycles. The summed E-state index contributed by atoms with van der Waals surface area (Å²) in [4.78, 5) is 34.4. The third-order valence-corrected chi connectivity index (χ3v) is 25.3. The monoisotopic (exact) mass is 1770 g/mol. The zero-order valence-electron chi connectivity index (χ0n) is 71.0. The number of hydrogen-bond acceptors (Lipinski definition) is 19. The van der Waals surface area contributed by atoms with Crippen LogP contribution in [0.3, 0.4) is 0 Å². The highest BCUT2D eigenvalue weighted by atomic mass is 32.2. The summed E-state index contributed by atoms with van der Waals surface area (Å²) in [5.41, 5.74) is 9.13. The number of nitrogens with zero attached hydrogens (tertiary/aromatic N) is 13. The van der Waals surface area contributed by atoms with Gasteiger partial charge in [-0.3, -0.25) is 43.6 Å². The standard InChI is InChI=1S/C24H26N4O2S.C23H24N4O3S.C22H19F3N4O3S.C22H23N5O2S/c1-16-8-13-21(20-7-6-14-25-23(16)20)28-22(15-17(2)26-28)27-31(29,30)19-11-9-18(10-12-19)24(3,4)5;1-15-13-21(26-31(29,30)17-11-9-16(10-12-17)23(2,3)4)27(25-15)22-19-8-6-5-7-18(19)20(28)14-24-22;1-14(2)32-15-8-10-16(11-9-15)33(30,31)28-21-13-20(22(23,24)25)27-29(21)19-7-3-6-18-17(19)5-4-12-26-18;1-15-14-20(26-30(28,29)17-9-7-16(8-10-17)22(2,3)4)27(25-15)21-18-6-5-12-23-19(18)11-13-24-21/h6-15,27H,1-5H3;5-13,26H,14H2,1-4H3;3-14,28H,1-2H3;5-14,26H,1-4H3. The number of carbonyl (C=O) groups excluding carboxylic acids is 1. The van der Waals surface area contributed by atoms with E-state index in [1.807, 2.05) is 107 Å². The van der Waals surface area contributed by atoms with Crippen LogP contribution < -0.4 is 23.6 Å². The Morgan fingerprint density at radius 1 is 0.392 bits per heavy atom. The van der Waals surface area contributed by atoms with Crippen molar-refractivity contribution in [3.05, 3.63) is 299 Å². The number of sulfonamides is 4. The summed E-state index contributed by atoms with van der Waals surface area (Å²) in [6, 6.07) is 60.5. The maximum absolute atomic E-state index is 13.4. The molecule has 0 spiro atoms. The van der Waals surface area contributed by atoms with E-state index in [9.17, 15) is 51.6 Å². The van der Waals surface area contributed by atoms with Crippen molar-refractivity contribution in [1.82, 2.24) is 59.1 Å². The van der Waals surface area contributed by atoms with Crippen LogP contribution >= 0.6 is 0 Å². The number of rotatable bonds is 17. The molecule has 0 radical (unpaired) electrons. The molecule has 646 valence electrons. The molecule has 0 amide bonds. The summed E-state index contributed by atoms with van der Waals surface area (Å²) in [6.07, 6.45) is 1.75. The van der Waals surface area contributed by atoms with E-state index in [0.29, 0.717) is 74.2 Å². The van der Waals surface area contributed by atoms with Gasteiger partial charge in [0, 0.05) is 76.3 Å². The topological polar surface area (TPSA) is 346 Å². The van der Waals surface area contributed by atoms with Crippen molar-refractivity contribution in [1.29, 1.82) is 0 Å². The van der Waals surface area contributed by atoms with Crippen molar-refractivity contribution in [3.8, 4) is 22.9 Å². The summed E-state index contributed by atoms with van der Waals surface area (Å²) >= 11 is 0. The number of halogens is 3. The first-order valence-corrected chi connectivity index (χ1v) is 45.4. The lowest BCUT2D eigenvalue weighted by Gasteiger charge is -2.19. The van der Waals surface area contributed by atoms with E-state index in [1.54, 1.807) is 146 Å². The number of benzene rings is 7. The van der Waals surface area contributed by atoms with Crippen LogP contribution in [0.4, 0.5) is 36.4 Å². The number of pyridine rings is 4. The first kappa shape index (κ1) is 89.4. The number of ether oxygens (including phenoxy) is 1. The third-order valence-electron chi connectivity index (χ3n) is 19.8. The number of aromatic nitrogens is 12. The van der Waals surface area contributed by atoms with Gasteiger partial charge >= 0.3 is 6.18 Å². The fourth-order valence-corrected chi connectivity index (χ4v) is 17.6. The molecule has 27 nitrogen and oxygen atoms in total. The molecule has 0 bridgehead atoms. The van der Waals surface area contributed by atoms with Crippen LogP contribution in [0.15, 0.2) is 268 Å². The second kappa shape index (κ2) is 35.1. The summed E-state index contributed by atoms with van der Waals surface area (Å²) < 4.78 is 166. The maximum atomic E-state index is 13.4. The average Bonchev–Trinajstić information content (AvgIpc) is 1.72. The second-order valence-electron chi connectivity index (χ2n) is 32.9. The molecule has 125 heavy (non-hydrogen) atoms. The molecule has 16 rings (SSSR count). The Morgan fingerprint density at radius 2 is 0.800 bits per heavy atom. The molecule has 7 aromatic carbocycles. The number of carbonyl (C=O) groups is 1. The Kier molecular flexibility index (Phi) is 25.1. The molecular formula is C91H92F3N17O10S4. The number of fused-ring (bicyclic) bond motifs is 4. The Balaban J connectivity index is 0.000000143. The predicted molar refractivity (Wildman–Crippen MR) is 479 cm³/mol. The molecule has 0 aliphatic carbocycles. The zero-order chi connectivity index (χ0) is 90.1. The van der Waals surface area contributed by atoms with Crippen LogP contribution in [-0.4, -0.2) is 117 Å². The van der Waals surface area contributed by atoms with Gasteiger partial charge in [-0.25, -0.2) is 48.0 Å². The fourth-order valence-electron chi connectivity index (χ4n) is 13.5. The predicted octanol–water partition coefficient (Wildman–Crippen LogP) is 18.2. The SMILES string of the molecule is CC(C)Oc1ccc(S(=O)(=O)Nc2cc(C(F)(F)F)nn2-c2cccc3ncccc23)cc1.Cc1cc(NS(=O)(=O)c2ccc(C(C)(C)C)cc2)n(-c2ccc(C)c3ncccc23)n1.Cc1cc(NS(=O)(=O)c2ccc(C(C)(C)C)cc2)n(-c2nccc3ncccc23)n1.Cc1cc(NS(=O)(=O)c2ccc(C(C)(C)C)cc2)n(C2=NCC(=O)c3ccccc32)n1. The van der Waals surface area contributed by atoms with Gasteiger partial charge in [0.1, 0.15) is 35.6 Å². The van der Waals surface area contributed by atoms with Gasteiger partial charge in [0.25, 0.3) is 40.1 Å². The highest BCUT2D eigenvalue weighted by Crippen LogP contribution is 2.37. The average molecular weight is 1770 g/mol. The summed E-state index contributed by atoms with van der Waals surface area (Å²) in [5.74, 6) is 1.93. The minimum atomic E-state index is -4.77. The number of aliphatic imine (C=N–C) groups is 1. The molecule has 0 unspecified atom stereocenters. The molecule has 1 aliphatic rings. The van der Waals surface area contributed by atoms with Gasteiger partial charge in [-0.2, -0.15) is 42.9 Å². The largest absolute Gasteiger partial charge is 0.491 e. The summed E-state index contributed by atoms with van der Waals surface area (Å²) in [6.45, 7) is 29.8. The molecule has 1 aliphatic heterocycles. The zero-order valence-corrected chi connectivity index (χ0v) is 74.3. The molecule has 4 N–H and O–H groups in total. The van der Waals surface area contributed by atoms with Crippen LogP contribution in [0.25, 0.3) is 49.9 Å². The molecule has 9 heterocycles. The minimum Gasteiger partial charge on any atom is -0.491 e. The van der Waals surface area contributed by atoms with Gasteiger partial charge in [-0.1, -0.05) is 135 Å². The van der Waals surface area contributed by atoms with E-state index < -0.39 is 52.0 Å². The summed E-state index contributed by atoms with van der Waals surface area (Å²) in [7, 11) is -15.6. The lowest BCUT2D eigenvalue weighted by atomic mass is 9.87. The summed E-state index contributed by atoms with van der Waals surface area (Å²) in [5, 5.41) is 19.3. The Hall–Kier alpha value is -13.3. The van der Waals surface area contributed by atoms with E-state index >= 15 is 0 Å². The molecule has 0 saturated heterocycles. The number of hydrogen-bond donors (Lipinski definition) is 4. The van der Waals surface area contributed by atoms with Crippen molar-refractivity contribution < 1.29 is 56.4 Å². The van der Waals surface area contributed by atoms with Crippen LogP contribution in [0.2, 0.25) is 0 Å². The molecule has 15 aromatic rings. The van der Waals surface area contributed by atoms with Gasteiger partial charge in [0.2, 0.25) is 0 Å². The Bertz CT molecular complexity index is 7070. The van der Waals surface area contributed by atoms with E-state index in [4.69, 9.17) is 4.74 Å². The number of aryl methyl sites for hydroxylation is 4. The van der Waals surface area contributed by atoms with Crippen LogP contribution in [0.1, 0.15) is 137 Å². The van der Waals surface area contributed by atoms with Crippen molar-refractivity contribution >= 4 is 108 Å². The number of alkyl halides is 3.